The van der Waals surface area contributed by atoms with Gasteiger partial charge in [0.1, 0.15) is 0 Å². The van der Waals surface area contributed by atoms with Gasteiger partial charge in [-0.25, -0.2) is 8.78 Å². The molecule has 1 nitrogen and oxygen atoms in total. The minimum absolute atomic E-state index is 0.0572. The van der Waals surface area contributed by atoms with Gasteiger partial charge in [0.2, 0.25) is 0 Å². The third kappa shape index (κ3) is 3.49. The van der Waals surface area contributed by atoms with E-state index in [0.717, 1.165) is 37.9 Å². The van der Waals surface area contributed by atoms with Crippen molar-refractivity contribution in [2.24, 2.45) is 0 Å². The van der Waals surface area contributed by atoms with E-state index >= 15 is 0 Å². The van der Waals surface area contributed by atoms with Crippen LogP contribution in [0.15, 0.2) is 18.2 Å². The van der Waals surface area contributed by atoms with Crippen molar-refractivity contribution in [3.63, 3.8) is 0 Å². The third-order valence-electron chi connectivity index (χ3n) is 3.07. The lowest BCUT2D eigenvalue weighted by Gasteiger charge is -2.13. The van der Waals surface area contributed by atoms with E-state index in [9.17, 15) is 8.78 Å². The molecule has 0 bridgehead atoms. The van der Waals surface area contributed by atoms with Crippen LogP contribution in [0.2, 0.25) is 0 Å². The predicted molar refractivity (Wildman–Crippen MR) is 66.2 cm³/mol. The van der Waals surface area contributed by atoms with Gasteiger partial charge < -0.3 is 4.74 Å². The van der Waals surface area contributed by atoms with Crippen LogP contribution < -0.4 is 0 Å². The van der Waals surface area contributed by atoms with Crippen LogP contribution in [0.5, 0.6) is 0 Å². The molecule has 1 heterocycles. The maximum Gasteiger partial charge on any atom is 0.159 e. The molecule has 0 aliphatic carbocycles. The molecule has 1 aromatic carbocycles. The Kier molecular flexibility index (Phi) is 4.51. The first-order valence-electron chi connectivity index (χ1n) is 5.87. The van der Waals surface area contributed by atoms with Gasteiger partial charge in [0, 0.05) is 11.4 Å². The molecule has 17 heavy (non-hydrogen) atoms. The van der Waals surface area contributed by atoms with E-state index < -0.39 is 11.6 Å². The van der Waals surface area contributed by atoms with Gasteiger partial charge in [0.25, 0.3) is 0 Å². The molecule has 94 valence electrons. The molecule has 0 N–H and O–H groups in total. The number of halogens is 3. The molecule has 0 spiro atoms. The van der Waals surface area contributed by atoms with E-state index in [1.54, 1.807) is 6.07 Å². The van der Waals surface area contributed by atoms with Crippen LogP contribution in [0, 0.1) is 11.6 Å². The van der Waals surface area contributed by atoms with E-state index in [1.165, 1.54) is 12.1 Å². The van der Waals surface area contributed by atoms with Crippen molar-refractivity contribution in [3.05, 3.63) is 35.4 Å². The van der Waals surface area contributed by atoms with Crippen LogP contribution in [0.1, 0.15) is 36.1 Å². The second kappa shape index (κ2) is 5.91. The smallest absolute Gasteiger partial charge is 0.159 e. The summed E-state index contributed by atoms with van der Waals surface area (Å²) in [7, 11) is 0. The van der Waals surface area contributed by atoms with Crippen molar-refractivity contribution >= 4 is 15.9 Å². The van der Waals surface area contributed by atoms with Crippen molar-refractivity contribution in [3.8, 4) is 0 Å². The topological polar surface area (TPSA) is 9.23 Å². The van der Waals surface area contributed by atoms with Crippen LogP contribution in [0.3, 0.4) is 0 Å². The summed E-state index contributed by atoms with van der Waals surface area (Å²) in [5.41, 5.74) is 0.780. The summed E-state index contributed by atoms with van der Waals surface area (Å²) in [4.78, 5) is 0.0572. The van der Waals surface area contributed by atoms with Crippen LogP contribution in [0.25, 0.3) is 0 Å². The van der Waals surface area contributed by atoms with Gasteiger partial charge in [0.15, 0.2) is 11.6 Å². The summed E-state index contributed by atoms with van der Waals surface area (Å²) in [6.45, 7) is 0.850. The quantitative estimate of drug-likeness (QED) is 0.751. The molecule has 0 aromatic heterocycles. The van der Waals surface area contributed by atoms with Gasteiger partial charge in [-0.2, -0.15) is 0 Å². The highest BCUT2D eigenvalue weighted by molar-refractivity contribution is 9.09. The van der Waals surface area contributed by atoms with Gasteiger partial charge in [-0.15, -0.1) is 0 Å². The largest absolute Gasteiger partial charge is 0.378 e. The molecule has 1 saturated heterocycles. The average molecular weight is 305 g/mol. The van der Waals surface area contributed by atoms with Crippen LogP contribution in [-0.4, -0.2) is 12.7 Å². The summed E-state index contributed by atoms with van der Waals surface area (Å²) in [6, 6.07) is 4.04. The van der Waals surface area contributed by atoms with Gasteiger partial charge in [-0.3, -0.25) is 0 Å². The number of rotatable bonds is 4. The fourth-order valence-corrected chi connectivity index (χ4v) is 2.63. The average Bonchev–Trinajstić information content (AvgIpc) is 2.82. The maximum atomic E-state index is 13.1. The van der Waals surface area contributed by atoms with Crippen LogP contribution in [0.4, 0.5) is 8.78 Å². The van der Waals surface area contributed by atoms with Crippen molar-refractivity contribution in [2.45, 2.75) is 36.6 Å². The van der Waals surface area contributed by atoms with E-state index in [1.807, 2.05) is 0 Å². The van der Waals surface area contributed by atoms with Gasteiger partial charge in [-0.05, 0) is 43.4 Å². The zero-order valence-electron chi connectivity index (χ0n) is 9.46. The van der Waals surface area contributed by atoms with E-state index in [0.29, 0.717) is 6.10 Å². The zero-order valence-corrected chi connectivity index (χ0v) is 11.1. The molecular formula is C13H15BrF2O. The summed E-state index contributed by atoms with van der Waals surface area (Å²) >= 11 is 3.51. The normalized spacial score (nSPS) is 21.7. The molecule has 0 amide bonds. The molecule has 0 radical (unpaired) electrons. The Morgan fingerprint density at radius 3 is 2.82 bits per heavy atom. The Morgan fingerprint density at radius 1 is 1.35 bits per heavy atom. The fraction of sp³-hybridized carbons (Fsp3) is 0.538. The number of alkyl halides is 1. The summed E-state index contributed by atoms with van der Waals surface area (Å²) in [5, 5.41) is 0. The Balaban J connectivity index is 1.89. The molecule has 0 saturated carbocycles. The second-order valence-corrected chi connectivity index (χ2v) is 5.46. The lowest BCUT2D eigenvalue weighted by atomic mass is 10.0. The van der Waals surface area contributed by atoms with Crippen molar-refractivity contribution in [2.75, 3.05) is 6.61 Å². The molecule has 2 unspecified atom stereocenters. The number of benzene rings is 1. The SMILES string of the molecule is Fc1ccc(C(Br)CCC2CCCO2)cc1F. The number of hydrogen-bond acceptors (Lipinski definition) is 1. The Morgan fingerprint density at radius 2 is 2.18 bits per heavy atom. The molecule has 2 atom stereocenters. The van der Waals surface area contributed by atoms with E-state index in [4.69, 9.17) is 4.74 Å². The third-order valence-corrected chi connectivity index (χ3v) is 4.06. The lowest BCUT2D eigenvalue weighted by Crippen LogP contribution is -2.06. The first kappa shape index (κ1) is 13.0. The minimum atomic E-state index is -0.799. The predicted octanol–water partition coefficient (Wildman–Crippen LogP) is 4.36. The highest BCUT2D eigenvalue weighted by Crippen LogP contribution is 2.31. The molecule has 4 heteroatoms. The van der Waals surface area contributed by atoms with E-state index in [-0.39, 0.29) is 4.83 Å². The molecule has 1 aliphatic rings. The van der Waals surface area contributed by atoms with Crippen molar-refractivity contribution in [1.82, 2.24) is 0 Å². The molecule has 2 rings (SSSR count). The number of ether oxygens (including phenoxy) is 1. The van der Waals surface area contributed by atoms with Gasteiger partial charge in [-0.1, -0.05) is 22.0 Å². The van der Waals surface area contributed by atoms with Crippen molar-refractivity contribution in [1.29, 1.82) is 0 Å². The highest BCUT2D eigenvalue weighted by atomic mass is 79.9. The van der Waals surface area contributed by atoms with Crippen LogP contribution in [-0.2, 0) is 4.74 Å². The standard InChI is InChI=1S/C13H15BrF2O/c14-11(5-4-10-2-1-7-17-10)9-3-6-12(15)13(16)8-9/h3,6,8,10-11H,1-2,4-5,7H2. The molecule has 1 fully saturated rings. The fourth-order valence-electron chi connectivity index (χ4n) is 2.08. The first-order valence-corrected chi connectivity index (χ1v) is 6.79. The summed E-state index contributed by atoms with van der Waals surface area (Å²) in [5.74, 6) is -1.59. The number of hydrogen-bond donors (Lipinski definition) is 0. The zero-order chi connectivity index (χ0) is 12.3. The second-order valence-electron chi connectivity index (χ2n) is 4.35. The lowest BCUT2D eigenvalue weighted by molar-refractivity contribution is 0.102. The maximum absolute atomic E-state index is 13.1. The molecule has 1 aromatic rings. The monoisotopic (exact) mass is 304 g/mol. The van der Waals surface area contributed by atoms with Crippen molar-refractivity contribution < 1.29 is 13.5 Å². The highest BCUT2D eigenvalue weighted by Gasteiger charge is 2.18. The summed E-state index contributed by atoms with van der Waals surface area (Å²) < 4.78 is 31.4. The van der Waals surface area contributed by atoms with Crippen LogP contribution >= 0.6 is 15.9 Å². The Hall–Kier alpha value is -0.480. The summed E-state index contributed by atoms with van der Waals surface area (Å²) in [6.07, 6.45) is 4.39. The first-order chi connectivity index (χ1) is 8.16. The van der Waals surface area contributed by atoms with Gasteiger partial charge >= 0.3 is 0 Å². The Bertz CT molecular complexity index is 378. The molecular weight excluding hydrogens is 290 g/mol. The van der Waals surface area contributed by atoms with E-state index in [2.05, 4.69) is 15.9 Å². The minimum Gasteiger partial charge on any atom is -0.378 e. The Labute approximate surface area is 108 Å². The molecule has 1 aliphatic heterocycles. The van der Waals surface area contributed by atoms with Gasteiger partial charge in [0.05, 0.1) is 6.10 Å².